The van der Waals surface area contributed by atoms with E-state index >= 15 is 0 Å². The SMILES string of the molecule is CCC1CN(C)CCCN1c1cc(NN)nc(C)n1. The molecular formula is C13H24N6. The molecule has 0 aromatic carbocycles. The van der Waals surface area contributed by atoms with Crippen molar-refractivity contribution in [3.8, 4) is 0 Å². The van der Waals surface area contributed by atoms with Gasteiger partial charge in [0.05, 0.1) is 0 Å². The van der Waals surface area contributed by atoms with E-state index in [9.17, 15) is 0 Å². The van der Waals surface area contributed by atoms with E-state index in [1.54, 1.807) is 0 Å². The highest BCUT2D eigenvalue weighted by atomic mass is 15.3. The molecule has 1 aliphatic rings. The van der Waals surface area contributed by atoms with Crippen LogP contribution in [0.15, 0.2) is 6.07 Å². The largest absolute Gasteiger partial charge is 0.352 e. The summed E-state index contributed by atoms with van der Waals surface area (Å²) in [4.78, 5) is 13.6. The molecular weight excluding hydrogens is 240 g/mol. The lowest BCUT2D eigenvalue weighted by atomic mass is 10.2. The smallest absolute Gasteiger partial charge is 0.145 e. The van der Waals surface area contributed by atoms with Gasteiger partial charge < -0.3 is 15.2 Å². The molecule has 0 amide bonds. The number of hydrogen-bond acceptors (Lipinski definition) is 6. The topological polar surface area (TPSA) is 70.3 Å². The van der Waals surface area contributed by atoms with E-state index in [4.69, 9.17) is 5.84 Å². The van der Waals surface area contributed by atoms with Crippen LogP contribution in [-0.2, 0) is 0 Å². The lowest BCUT2D eigenvalue weighted by molar-refractivity contribution is 0.327. The number of hydrogen-bond donors (Lipinski definition) is 2. The maximum Gasteiger partial charge on any atom is 0.145 e. The predicted molar refractivity (Wildman–Crippen MR) is 78.1 cm³/mol. The van der Waals surface area contributed by atoms with Crippen LogP contribution in [0.2, 0.25) is 0 Å². The van der Waals surface area contributed by atoms with Crippen molar-refractivity contribution in [2.24, 2.45) is 5.84 Å². The van der Waals surface area contributed by atoms with Gasteiger partial charge in [-0.15, -0.1) is 0 Å². The van der Waals surface area contributed by atoms with Gasteiger partial charge in [0.25, 0.3) is 0 Å². The zero-order valence-electron chi connectivity index (χ0n) is 12.1. The van der Waals surface area contributed by atoms with Gasteiger partial charge in [0, 0.05) is 25.2 Å². The summed E-state index contributed by atoms with van der Waals surface area (Å²) < 4.78 is 0. The summed E-state index contributed by atoms with van der Waals surface area (Å²) in [5, 5.41) is 0. The first kappa shape index (κ1) is 14.0. The maximum atomic E-state index is 5.47. The van der Waals surface area contributed by atoms with Crippen LogP contribution >= 0.6 is 0 Å². The normalized spacial score (nSPS) is 21.3. The Morgan fingerprint density at radius 3 is 2.89 bits per heavy atom. The van der Waals surface area contributed by atoms with E-state index in [-0.39, 0.29) is 0 Å². The third-order valence-electron chi connectivity index (χ3n) is 3.64. The molecule has 1 saturated heterocycles. The van der Waals surface area contributed by atoms with Crippen molar-refractivity contribution in [2.75, 3.05) is 37.0 Å². The second-order valence-corrected chi connectivity index (χ2v) is 5.17. The highest BCUT2D eigenvalue weighted by Gasteiger charge is 2.23. The van der Waals surface area contributed by atoms with Gasteiger partial charge in [-0.3, -0.25) is 0 Å². The highest BCUT2D eigenvalue weighted by Crippen LogP contribution is 2.22. The molecule has 1 aromatic heterocycles. The molecule has 1 aromatic rings. The molecule has 2 rings (SSSR count). The second kappa shape index (κ2) is 6.16. The zero-order chi connectivity index (χ0) is 13.8. The van der Waals surface area contributed by atoms with Crippen LogP contribution in [0.1, 0.15) is 25.6 Å². The van der Waals surface area contributed by atoms with Crippen molar-refractivity contribution in [1.29, 1.82) is 0 Å². The Morgan fingerprint density at radius 2 is 2.21 bits per heavy atom. The van der Waals surface area contributed by atoms with Crippen molar-refractivity contribution in [3.63, 3.8) is 0 Å². The average molecular weight is 264 g/mol. The number of anilines is 2. The minimum absolute atomic E-state index is 0.493. The highest BCUT2D eigenvalue weighted by molar-refractivity contribution is 5.49. The summed E-state index contributed by atoms with van der Waals surface area (Å²) in [6, 6.07) is 2.42. The van der Waals surface area contributed by atoms with E-state index in [0.717, 1.165) is 44.1 Å². The van der Waals surface area contributed by atoms with Gasteiger partial charge in [-0.05, 0) is 33.4 Å². The molecule has 1 unspecified atom stereocenters. The van der Waals surface area contributed by atoms with Crippen LogP contribution in [0.25, 0.3) is 0 Å². The molecule has 1 atom stereocenters. The van der Waals surface area contributed by atoms with Crippen LogP contribution in [0.4, 0.5) is 11.6 Å². The number of nitrogens with zero attached hydrogens (tertiary/aromatic N) is 4. The molecule has 6 heteroatoms. The first-order chi connectivity index (χ1) is 9.13. The summed E-state index contributed by atoms with van der Waals surface area (Å²) in [6.45, 7) is 7.37. The average Bonchev–Trinajstić information content (AvgIpc) is 2.59. The van der Waals surface area contributed by atoms with Crippen molar-refractivity contribution < 1.29 is 0 Å². The molecule has 0 aliphatic carbocycles. The van der Waals surface area contributed by atoms with E-state index in [1.165, 1.54) is 0 Å². The van der Waals surface area contributed by atoms with Gasteiger partial charge in [-0.2, -0.15) is 0 Å². The van der Waals surface area contributed by atoms with E-state index < -0.39 is 0 Å². The standard InChI is InChI=1S/C13H24N6/c1-4-11-9-18(3)6-5-7-19(11)13-8-12(17-14)15-10(2)16-13/h8,11H,4-7,9,14H2,1-3H3,(H,15,16,17). The first-order valence-corrected chi connectivity index (χ1v) is 6.91. The number of aryl methyl sites for hydroxylation is 1. The van der Waals surface area contributed by atoms with Crippen molar-refractivity contribution in [1.82, 2.24) is 14.9 Å². The summed E-state index contributed by atoms with van der Waals surface area (Å²) in [7, 11) is 2.18. The van der Waals surface area contributed by atoms with Gasteiger partial charge in [0.2, 0.25) is 0 Å². The third-order valence-corrected chi connectivity index (χ3v) is 3.64. The maximum absolute atomic E-state index is 5.47. The number of likely N-dealkylation sites (N-methyl/N-ethyl adjacent to an activating group) is 1. The summed E-state index contributed by atoms with van der Waals surface area (Å²) in [6.07, 6.45) is 2.26. The Bertz CT molecular complexity index is 422. The molecule has 19 heavy (non-hydrogen) atoms. The Kier molecular flexibility index (Phi) is 4.55. The van der Waals surface area contributed by atoms with Crippen LogP contribution in [0.5, 0.6) is 0 Å². The molecule has 0 bridgehead atoms. The quantitative estimate of drug-likeness (QED) is 0.627. The number of aromatic nitrogens is 2. The van der Waals surface area contributed by atoms with E-state index in [2.05, 4.69) is 39.2 Å². The van der Waals surface area contributed by atoms with Gasteiger partial charge in [0.1, 0.15) is 17.5 Å². The lowest BCUT2D eigenvalue weighted by Gasteiger charge is -2.31. The lowest BCUT2D eigenvalue weighted by Crippen LogP contribution is -2.40. The molecule has 2 heterocycles. The van der Waals surface area contributed by atoms with Crippen molar-refractivity contribution in [2.45, 2.75) is 32.7 Å². The van der Waals surface area contributed by atoms with Crippen LogP contribution in [0.3, 0.4) is 0 Å². The van der Waals surface area contributed by atoms with Gasteiger partial charge >= 0.3 is 0 Å². The summed E-state index contributed by atoms with van der Waals surface area (Å²) in [5.74, 6) is 7.87. The first-order valence-electron chi connectivity index (χ1n) is 6.91. The van der Waals surface area contributed by atoms with Crippen LogP contribution in [-0.4, -0.2) is 47.6 Å². The number of nitrogens with two attached hydrogens (primary N) is 1. The monoisotopic (exact) mass is 264 g/mol. The van der Waals surface area contributed by atoms with Crippen molar-refractivity contribution >= 4 is 11.6 Å². The zero-order valence-corrected chi connectivity index (χ0v) is 12.1. The Balaban J connectivity index is 2.29. The third kappa shape index (κ3) is 3.33. The Hall–Kier alpha value is -1.40. The predicted octanol–water partition coefficient (Wildman–Crippen LogP) is 0.991. The molecule has 0 saturated carbocycles. The molecule has 1 aliphatic heterocycles. The van der Waals surface area contributed by atoms with Gasteiger partial charge in [-0.1, -0.05) is 6.92 Å². The van der Waals surface area contributed by atoms with Crippen LogP contribution < -0.4 is 16.2 Å². The Labute approximate surface area is 115 Å². The van der Waals surface area contributed by atoms with E-state index in [1.807, 2.05) is 13.0 Å². The van der Waals surface area contributed by atoms with Gasteiger partial charge in [-0.25, -0.2) is 15.8 Å². The Morgan fingerprint density at radius 1 is 1.42 bits per heavy atom. The minimum Gasteiger partial charge on any atom is -0.352 e. The molecule has 0 radical (unpaired) electrons. The fraction of sp³-hybridized carbons (Fsp3) is 0.692. The number of nitrogens with one attached hydrogen (secondary N) is 1. The molecule has 3 N–H and O–H groups in total. The van der Waals surface area contributed by atoms with Crippen molar-refractivity contribution in [3.05, 3.63) is 11.9 Å². The number of rotatable bonds is 3. The fourth-order valence-electron chi connectivity index (χ4n) is 2.67. The van der Waals surface area contributed by atoms with E-state index in [0.29, 0.717) is 11.9 Å². The molecule has 106 valence electrons. The van der Waals surface area contributed by atoms with Crippen LogP contribution in [0, 0.1) is 6.92 Å². The summed E-state index contributed by atoms with van der Waals surface area (Å²) >= 11 is 0. The molecule has 6 nitrogen and oxygen atoms in total. The minimum atomic E-state index is 0.493. The van der Waals surface area contributed by atoms with Gasteiger partial charge in [0.15, 0.2) is 0 Å². The molecule has 1 fully saturated rings. The number of hydrazine groups is 1. The second-order valence-electron chi connectivity index (χ2n) is 5.17. The fourth-order valence-corrected chi connectivity index (χ4v) is 2.67. The molecule has 0 spiro atoms. The number of nitrogen functional groups attached to an aromatic ring is 1. The summed E-state index contributed by atoms with van der Waals surface area (Å²) in [5.41, 5.74) is 2.62.